The fourth-order valence-electron chi connectivity index (χ4n) is 1.63. The van der Waals surface area contributed by atoms with Gasteiger partial charge in [-0.2, -0.15) is 0 Å². The lowest BCUT2D eigenvalue weighted by Crippen LogP contribution is -2.35. The predicted octanol–water partition coefficient (Wildman–Crippen LogP) is 2.04. The molecular formula is C12H17F2NO2S. The molecule has 0 bridgehead atoms. The number of sulfonamides is 1. The van der Waals surface area contributed by atoms with Crippen LogP contribution in [0, 0.1) is 5.82 Å². The van der Waals surface area contributed by atoms with E-state index < -0.39 is 16.7 Å². The third-order valence-corrected chi connectivity index (χ3v) is 3.97. The highest BCUT2D eigenvalue weighted by molar-refractivity contribution is 7.89. The molecule has 0 fully saturated rings. The van der Waals surface area contributed by atoms with Crippen molar-refractivity contribution in [1.29, 1.82) is 0 Å². The maximum atomic E-state index is 12.7. The number of nitrogens with one attached hydrogen (secondary N) is 1. The lowest BCUT2D eigenvalue weighted by molar-refractivity contribution is 0.481. The van der Waals surface area contributed by atoms with Crippen LogP contribution in [0.4, 0.5) is 8.78 Å². The van der Waals surface area contributed by atoms with Gasteiger partial charge in [0.2, 0.25) is 10.0 Å². The summed E-state index contributed by atoms with van der Waals surface area (Å²) in [6, 6.07) is 5.59. The number of halogens is 2. The molecule has 0 saturated carbocycles. The van der Waals surface area contributed by atoms with Crippen LogP contribution in [0.2, 0.25) is 0 Å². The van der Waals surface area contributed by atoms with E-state index >= 15 is 0 Å². The molecular weight excluding hydrogens is 260 g/mol. The Morgan fingerprint density at radius 2 is 1.89 bits per heavy atom. The maximum Gasteiger partial charge on any atom is 0.211 e. The number of alkyl halides is 1. The van der Waals surface area contributed by atoms with Crippen molar-refractivity contribution in [2.45, 2.75) is 25.8 Å². The molecule has 1 N–H and O–H groups in total. The number of rotatable bonds is 7. The molecule has 0 aromatic heterocycles. The molecule has 0 heterocycles. The van der Waals surface area contributed by atoms with E-state index in [1.165, 1.54) is 12.1 Å². The first kappa shape index (κ1) is 15.0. The fraction of sp³-hybridized carbons (Fsp3) is 0.500. The minimum absolute atomic E-state index is 0.00139. The normalized spacial score (nSPS) is 13.5. The summed E-state index contributed by atoms with van der Waals surface area (Å²) in [5, 5.41) is 0. The molecule has 3 nitrogen and oxygen atoms in total. The predicted molar refractivity (Wildman–Crippen MR) is 67.1 cm³/mol. The van der Waals surface area contributed by atoms with Crippen LogP contribution in [-0.4, -0.2) is 26.9 Å². The molecule has 0 saturated heterocycles. The van der Waals surface area contributed by atoms with Gasteiger partial charge in [-0.15, -0.1) is 0 Å². The van der Waals surface area contributed by atoms with Crippen molar-refractivity contribution >= 4 is 10.0 Å². The number of hydrogen-bond donors (Lipinski definition) is 1. The zero-order valence-electron chi connectivity index (χ0n) is 10.2. The van der Waals surface area contributed by atoms with Gasteiger partial charge in [0.05, 0.1) is 12.4 Å². The van der Waals surface area contributed by atoms with Crippen LogP contribution in [-0.2, 0) is 16.4 Å². The molecule has 1 aromatic carbocycles. The van der Waals surface area contributed by atoms with Gasteiger partial charge in [-0.1, -0.05) is 12.1 Å². The van der Waals surface area contributed by atoms with Gasteiger partial charge in [0.25, 0.3) is 0 Å². The summed E-state index contributed by atoms with van der Waals surface area (Å²) in [5.74, 6) is -0.535. The van der Waals surface area contributed by atoms with Gasteiger partial charge in [0.1, 0.15) is 5.82 Å². The van der Waals surface area contributed by atoms with Crippen molar-refractivity contribution in [2.75, 3.05) is 12.4 Å². The first-order valence-corrected chi connectivity index (χ1v) is 7.38. The average molecular weight is 277 g/mol. The molecule has 6 heteroatoms. The van der Waals surface area contributed by atoms with E-state index in [2.05, 4.69) is 4.72 Å². The molecule has 0 radical (unpaired) electrons. The van der Waals surface area contributed by atoms with Crippen molar-refractivity contribution < 1.29 is 17.2 Å². The summed E-state index contributed by atoms with van der Waals surface area (Å²) in [4.78, 5) is 0. The van der Waals surface area contributed by atoms with Crippen LogP contribution >= 0.6 is 0 Å². The third-order valence-electron chi connectivity index (χ3n) is 2.38. The summed E-state index contributed by atoms with van der Waals surface area (Å²) in [5.41, 5.74) is 0.845. The molecule has 1 aromatic rings. The summed E-state index contributed by atoms with van der Waals surface area (Å²) in [6.07, 6.45) is 0.466. The standard InChI is InChI=1S/C12H17F2NO2S/c1-10(15-18(16,17)8-2-7-13)9-11-3-5-12(14)6-4-11/h3-6,10,15H,2,7-9H2,1H3/t10-/m1/s1. The second-order valence-corrected chi connectivity index (χ2v) is 6.08. The molecule has 0 aliphatic heterocycles. The minimum atomic E-state index is -3.44. The zero-order chi connectivity index (χ0) is 13.6. The van der Waals surface area contributed by atoms with Crippen molar-refractivity contribution in [1.82, 2.24) is 4.72 Å². The molecule has 102 valence electrons. The Kier molecular flexibility index (Phi) is 5.68. The van der Waals surface area contributed by atoms with Crippen LogP contribution in [0.5, 0.6) is 0 Å². The summed E-state index contributed by atoms with van der Waals surface area (Å²) in [6.45, 7) is 1.07. The van der Waals surface area contributed by atoms with E-state index in [1.807, 2.05) is 0 Å². The fourth-order valence-corrected chi connectivity index (χ4v) is 2.93. The van der Waals surface area contributed by atoms with Gasteiger partial charge in [-0.3, -0.25) is 4.39 Å². The van der Waals surface area contributed by atoms with Gasteiger partial charge in [-0.05, 0) is 37.5 Å². The SMILES string of the molecule is C[C@H](Cc1ccc(F)cc1)NS(=O)(=O)CCCF. The van der Waals surface area contributed by atoms with Crippen molar-refractivity contribution in [2.24, 2.45) is 0 Å². The molecule has 1 atom stereocenters. The molecule has 0 amide bonds. The Hall–Kier alpha value is -1.01. The first-order valence-electron chi connectivity index (χ1n) is 5.73. The molecule has 0 aliphatic carbocycles. The van der Waals surface area contributed by atoms with Crippen molar-refractivity contribution in [3.8, 4) is 0 Å². The quantitative estimate of drug-likeness (QED) is 0.829. The molecule has 18 heavy (non-hydrogen) atoms. The van der Waals surface area contributed by atoms with E-state index in [9.17, 15) is 17.2 Å². The Morgan fingerprint density at radius 1 is 1.28 bits per heavy atom. The van der Waals surface area contributed by atoms with Crippen LogP contribution < -0.4 is 4.72 Å². The van der Waals surface area contributed by atoms with Gasteiger partial charge < -0.3 is 0 Å². The molecule has 0 unspecified atom stereocenters. The first-order chi connectivity index (χ1) is 8.43. The largest absolute Gasteiger partial charge is 0.251 e. The van der Waals surface area contributed by atoms with Gasteiger partial charge in [-0.25, -0.2) is 17.5 Å². The van der Waals surface area contributed by atoms with Crippen molar-refractivity contribution in [3.05, 3.63) is 35.6 Å². The van der Waals surface area contributed by atoms with E-state index in [0.717, 1.165) is 5.56 Å². The van der Waals surface area contributed by atoms with E-state index in [1.54, 1.807) is 19.1 Å². The molecule has 0 spiro atoms. The Labute approximate surface area is 106 Å². The highest BCUT2D eigenvalue weighted by atomic mass is 32.2. The van der Waals surface area contributed by atoms with Gasteiger partial charge in [0.15, 0.2) is 0 Å². The van der Waals surface area contributed by atoms with Crippen LogP contribution in [0.15, 0.2) is 24.3 Å². The minimum Gasteiger partial charge on any atom is -0.251 e. The monoisotopic (exact) mass is 277 g/mol. The van der Waals surface area contributed by atoms with Crippen molar-refractivity contribution in [3.63, 3.8) is 0 Å². The van der Waals surface area contributed by atoms with E-state index in [-0.39, 0.29) is 24.0 Å². The zero-order valence-corrected chi connectivity index (χ0v) is 11.0. The number of hydrogen-bond acceptors (Lipinski definition) is 2. The molecule has 1 rings (SSSR count). The topological polar surface area (TPSA) is 46.2 Å². The van der Waals surface area contributed by atoms with Crippen LogP contribution in [0.25, 0.3) is 0 Å². The second kappa shape index (κ2) is 6.80. The number of benzene rings is 1. The van der Waals surface area contributed by atoms with Crippen LogP contribution in [0.3, 0.4) is 0 Å². The lowest BCUT2D eigenvalue weighted by Gasteiger charge is -2.14. The van der Waals surface area contributed by atoms with E-state index in [4.69, 9.17) is 0 Å². The summed E-state index contributed by atoms with van der Waals surface area (Å²) < 4.78 is 50.1. The maximum absolute atomic E-state index is 12.7. The summed E-state index contributed by atoms with van der Waals surface area (Å²) in [7, 11) is -3.44. The molecule has 0 aliphatic rings. The van der Waals surface area contributed by atoms with Crippen LogP contribution in [0.1, 0.15) is 18.9 Å². The highest BCUT2D eigenvalue weighted by Crippen LogP contribution is 2.06. The second-order valence-electron chi connectivity index (χ2n) is 4.21. The average Bonchev–Trinajstić information content (AvgIpc) is 2.29. The summed E-state index contributed by atoms with van der Waals surface area (Å²) >= 11 is 0. The Morgan fingerprint density at radius 3 is 2.44 bits per heavy atom. The smallest absolute Gasteiger partial charge is 0.211 e. The third kappa shape index (κ3) is 5.55. The highest BCUT2D eigenvalue weighted by Gasteiger charge is 2.14. The van der Waals surface area contributed by atoms with E-state index in [0.29, 0.717) is 6.42 Å². The Bertz CT molecular complexity index is 459. The van der Waals surface area contributed by atoms with Gasteiger partial charge >= 0.3 is 0 Å². The van der Waals surface area contributed by atoms with Gasteiger partial charge in [0, 0.05) is 6.04 Å². The lowest BCUT2D eigenvalue weighted by atomic mass is 10.1. The Balaban J connectivity index is 2.51.